The number of unbranched alkanes of at least 4 members (excludes halogenated alkanes) is 1. The van der Waals surface area contributed by atoms with Crippen molar-refractivity contribution >= 4 is 34.0 Å². The molecule has 1 rings (SSSR count). The number of ketones is 1. The summed E-state index contributed by atoms with van der Waals surface area (Å²) in [4.78, 5) is 40.3. The van der Waals surface area contributed by atoms with Gasteiger partial charge in [0.2, 0.25) is 5.91 Å². The molecule has 0 heterocycles. The number of carboxylic acids is 1. The highest BCUT2D eigenvalue weighted by molar-refractivity contribution is 7.80. The number of phenols is 1. The van der Waals surface area contributed by atoms with Crippen molar-refractivity contribution in [3.05, 3.63) is 187 Å². The van der Waals surface area contributed by atoms with Crippen molar-refractivity contribution in [3.8, 4) is 5.75 Å². The molecule has 524 valence electrons. The summed E-state index contributed by atoms with van der Waals surface area (Å²) in [7, 11) is -5.05. The van der Waals surface area contributed by atoms with Gasteiger partial charge in [-0.25, -0.2) is 8.98 Å². The molecular formula is C69H102N4O20S. The molecule has 0 aromatic heterocycles. The van der Waals surface area contributed by atoms with Crippen LogP contribution >= 0.6 is 0 Å². The predicted molar refractivity (Wildman–Crippen MR) is 361 cm³/mol. The molecule has 0 aliphatic rings. The Labute approximate surface area is 552 Å². The highest BCUT2D eigenvalue weighted by atomic mass is 32.3. The van der Waals surface area contributed by atoms with Gasteiger partial charge in [0.25, 0.3) is 0 Å². The van der Waals surface area contributed by atoms with Crippen molar-refractivity contribution < 1.29 is 97.9 Å². The van der Waals surface area contributed by atoms with Crippen LogP contribution < -0.4 is 16.8 Å². The summed E-state index contributed by atoms with van der Waals surface area (Å²) >= 11 is 0. The van der Waals surface area contributed by atoms with Gasteiger partial charge in [0.15, 0.2) is 11.7 Å². The molecule has 24 nitrogen and oxygen atoms in total. The van der Waals surface area contributed by atoms with Gasteiger partial charge in [0.05, 0.1) is 61.0 Å². The number of nitrogens with one attached hydrogen (secondary N) is 1. The predicted octanol–water partition coefficient (Wildman–Crippen LogP) is 4.84. The Balaban J connectivity index is 2.47. The number of nitrogens with zero attached hydrogens (tertiary/aromatic N) is 1. The molecule has 0 bridgehead atoms. The fourth-order valence-corrected chi connectivity index (χ4v) is 9.30. The van der Waals surface area contributed by atoms with Crippen molar-refractivity contribution in [3.63, 3.8) is 0 Å². The summed E-state index contributed by atoms with van der Waals surface area (Å²) in [5, 5.41) is 136. The number of hydrogen-bond donors (Lipinski definition) is 17. The Morgan fingerprint density at radius 1 is 0.596 bits per heavy atom. The minimum atomic E-state index is -5.05. The zero-order valence-corrected chi connectivity index (χ0v) is 54.7. The molecule has 0 saturated carbocycles. The molecule has 94 heavy (non-hydrogen) atoms. The number of aliphatic imine (C=N–C) groups is 1. The maximum absolute atomic E-state index is 13.1. The number of benzene rings is 1. The van der Waals surface area contributed by atoms with Crippen LogP contribution in [-0.2, 0) is 29.0 Å². The molecule has 16 atom stereocenters. The van der Waals surface area contributed by atoms with Gasteiger partial charge in [0.1, 0.15) is 24.0 Å². The molecule has 0 radical (unpaired) electrons. The van der Waals surface area contributed by atoms with E-state index in [-0.39, 0.29) is 81.1 Å². The van der Waals surface area contributed by atoms with Gasteiger partial charge in [-0.15, -0.1) is 0 Å². The van der Waals surface area contributed by atoms with E-state index in [1.165, 1.54) is 98.9 Å². The average Bonchev–Trinajstić information content (AvgIpc) is 1.03. The molecule has 16 unspecified atom stereocenters. The number of aliphatic hydroxyl groups excluding tert-OH is 11. The van der Waals surface area contributed by atoms with Crippen LogP contribution in [0.2, 0.25) is 0 Å². The number of phenolic OH excluding ortho intramolecular Hbond substituents is 1. The SMILES string of the molecule is C\C(=C/C=C/C=C/CC/C=C/C(C)C(O)C(C)C(O)/C=C/C=C/C=C/C=C/C=C/C=C\C(OS(=O)(=O)O)C(C)C(=O)C(O)CC(O)/C=C/CC(O)CC(O)CC(O)/C=C/CC(O)CC(O)/C=C/CC(O)CC(O)CCCN=C(N)NC(=O)C(N)c1ccc(O)cc1)C(=O)O. The van der Waals surface area contributed by atoms with Crippen LogP contribution in [0, 0.1) is 17.8 Å². The highest BCUT2D eigenvalue weighted by Crippen LogP contribution is 2.21. The van der Waals surface area contributed by atoms with E-state index in [2.05, 4.69) is 10.3 Å². The standard InChI is InChI=1S/C69H102N4O20S/c1-47(26-18-14-10-9-11-15-19-27-48(2)68(88)89)65(85)49(3)61(83)35-20-16-12-7-5-6-8-13-17-21-36-63(93-94(90,91)92)50(4)66(86)62(84)46-59(81)33-24-32-57(79)45-60(82)44-56(78)31-23-30-54(76)42-53(75)28-22-29-55(77)43-58(80)34-25-41-72-69(71)73-67(87)64(70)51-37-39-52(74)40-38-51/h5-9,11-13,15-24,26-28,31,33,35-40,47,49-50,53-65,74-85H,10,14,25,29-30,32,34,41-46,70H2,1-4H3,(H,88,89)(H,90,91,92)(H3,71,72,73,87)/b7-5+,8-6+,11-9+,16-12+,17-13+,19-15+,26-18+,28-22+,31-23+,33-24+,35-20+,36-21-,48-27+. The fourth-order valence-electron chi connectivity index (χ4n) is 8.79. The lowest BCUT2D eigenvalue weighted by Crippen LogP contribution is -2.42. The number of rotatable bonds is 47. The lowest BCUT2D eigenvalue weighted by Gasteiger charge is -2.25. The Bertz CT molecular complexity index is 2910. The van der Waals surface area contributed by atoms with Crippen LogP contribution in [0.15, 0.2) is 187 Å². The number of amides is 1. The van der Waals surface area contributed by atoms with Crippen LogP contribution in [-0.4, -0.2) is 183 Å². The molecule has 25 heteroatoms. The monoisotopic (exact) mass is 1340 g/mol. The Kier molecular flexibility index (Phi) is 44.1. The van der Waals surface area contributed by atoms with Gasteiger partial charge in [-0.1, -0.05) is 185 Å². The fraction of sp³-hybridized carbons (Fsp3) is 0.478. The number of allylic oxidation sites excluding steroid dienone is 16. The molecule has 0 aliphatic carbocycles. The first-order chi connectivity index (χ1) is 44.4. The van der Waals surface area contributed by atoms with E-state index in [9.17, 15) is 88.6 Å². The number of guanidine groups is 1. The largest absolute Gasteiger partial charge is 0.508 e. The molecule has 0 saturated heterocycles. The number of carbonyl (C=O) groups excluding carboxylic acids is 2. The Morgan fingerprint density at radius 2 is 1.07 bits per heavy atom. The van der Waals surface area contributed by atoms with Crippen LogP contribution in [0.5, 0.6) is 5.75 Å². The molecule has 1 amide bonds. The summed E-state index contributed by atoms with van der Waals surface area (Å²) in [5.74, 6) is -4.56. The highest BCUT2D eigenvalue weighted by Gasteiger charge is 2.32. The number of carbonyl (C=O) groups is 3. The van der Waals surface area contributed by atoms with E-state index < -0.39 is 126 Å². The van der Waals surface area contributed by atoms with E-state index >= 15 is 0 Å². The van der Waals surface area contributed by atoms with E-state index in [4.69, 9.17) is 20.8 Å². The first-order valence-electron chi connectivity index (χ1n) is 31.2. The van der Waals surface area contributed by atoms with Crippen molar-refractivity contribution in [2.75, 3.05) is 6.54 Å². The number of nitrogens with two attached hydrogens (primary N) is 2. The van der Waals surface area contributed by atoms with E-state index in [1.54, 1.807) is 73.8 Å². The first kappa shape index (κ1) is 85.1. The van der Waals surface area contributed by atoms with Gasteiger partial charge < -0.3 is 77.9 Å². The molecule has 1 aromatic rings. The summed E-state index contributed by atoms with van der Waals surface area (Å²) in [6.07, 6.45) is 27.6. The zero-order valence-electron chi connectivity index (χ0n) is 53.9. The molecule has 1 aromatic carbocycles. The van der Waals surface area contributed by atoms with E-state index in [1.807, 2.05) is 31.2 Å². The number of carboxylic acid groups (broad SMARTS) is 1. The van der Waals surface area contributed by atoms with Gasteiger partial charge in [-0.2, -0.15) is 8.42 Å². The van der Waals surface area contributed by atoms with Crippen molar-refractivity contribution in [1.29, 1.82) is 0 Å². The van der Waals surface area contributed by atoms with Crippen LogP contribution in [0.1, 0.15) is 116 Å². The normalized spacial score (nSPS) is 18.8. The molecular weight excluding hydrogens is 1240 g/mol. The summed E-state index contributed by atoms with van der Waals surface area (Å²) in [6, 6.07) is 4.77. The van der Waals surface area contributed by atoms with Crippen LogP contribution in [0.3, 0.4) is 0 Å². The Hall–Kier alpha value is -6.89. The molecule has 0 spiro atoms. The smallest absolute Gasteiger partial charge is 0.397 e. The third-order valence-corrected chi connectivity index (χ3v) is 14.8. The molecule has 0 fully saturated rings. The van der Waals surface area contributed by atoms with E-state index in [0.717, 1.165) is 12.8 Å². The van der Waals surface area contributed by atoms with Gasteiger partial charge >= 0.3 is 16.4 Å². The summed E-state index contributed by atoms with van der Waals surface area (Å²) in [5.41, 5.74) is 12.4. The lowest BCUT2D eigenvalue weighted by atomic mass is 9.88. The molecule has 0 aliphatic heterocycles. The number of aliphatic hydroxyl groups is 11. The van der Waals surface area contributed by atoms with Crippen molar-refractivity contribution in [1.82, 2.24) is 5.32 Å². The average molecular weight is 1340 g/mol. The van der Waals surface area contributed by atoms with Crippen LogP contribution in [0.25, 0.3) is 0 Å². The second-order valence-electron chi connectivity index (χ2n) is 22.8. The van der Waals surface area contributed by atoms with Gasteiger partial charge in [-0.05, 0) is 82.4 Å². The number of aliphatic carboxylic acids is 1. The number of hydrogen-bond acceptors (Lipinski definition) is 20. The van der Waals surface area contributed by atoms with Gasteiger partial charge in [-0.3, -0.25) is 24.5 Å². The summed E-state index contributed by atoms with van der Waals surface area (Å²) in [6.45, 7) is 6.59. The third-order valence-electron chi connectivity index (χ3n) is 14.4. The minimum absolute atomic E-state index is 0.0265. The quantitative estimate of drug-likeness (QED) is 0.00789. The van der Waals surface area contributed by atoms with Crippen molar-refractivity contribution in [2.45, 2.75) is 184 Å². The third kappa shape index (κ3) is 41.7. The number of aromatic hydroxyl groups is 1. The van der Waals surface area contributed by atoms with Gasteiger partial charge in [0, 0.05) is 49.1 Å². The maximum Gasteiger partial charge on any atom is 0.397 e. The minimum Gasteiger partial charge on any atom is -0.508 e. The summed E-state index contributed by atoms with van der Waals surface area (Å²) < 4.78 is 37.4. The second kappa shape index (κ2) is 48.8. The topological polar surface area (TPSA) is 454 Å². The van der Waals surface area contributed by atoms with E-state index in [0.29, 0.717) is 12.0 Å². The second-order valence-corrected chi connectivity index (χ2v) is 23.8. The Morgan fingerprint density at radius 3 is 1.62 bits per heavy atom. The number of Topliss-reactive ketones (excluding diaryl/α,β-unsaturated/α-hetero) is 1. The lowest BCUT2D eigenvalue weighted by molar-refractivity contribution is -0.134. The zero-order chi connectivity index (χ0) is 70.6. The molecule has 19 N–H and O–H groups in total. The van der Waals surface area contributed by atoms with Crippen LogP contribution in [0.4, 0.5) is 0 Å². The van der Waals surface area contributed by atoms with Crippen molar-refractivity contribution in [2.24, 2.45) is 34.2 Å². The maximum atomic E-state index is 13.1. The first-order valence-corrected chi connectivity index (χ1v) is 32.5.